The van der Waals surface area contributed by atoms with Gasteiger partial charge in [-0.1, -0.05) is 56.2 Å². The number of imidazole rings is 1. The van der Waals surface area contributed by atoms with Crippen molar-refractivity contribution in [1.29, 1.82) is 0 Å². The molecule has 8 heteroatoms. The van der Waals surface area contributed by atoms with Crippen molar-refractivity contribution in [3.8, 4) is 0 Å². The molecule has 0 aliphatic carbocycles. The maximum absolute atomic E-state index is 14.2. The number of H-pyrrole nitrogens is 1. The van der Waals surface area contributed by atoms with Crippen LogP contribution in [0, 0.1) is 11.6 Å². The van der Waals surface area contributed by atoms with Crippen LogP contribution in [0.25, 0.3) is 11.2 Å². The van der Waals surface area contributed by atoms with E-state index in [2.05, 4.69) is 9.97 Å². The zero-order valence-electron chi connectivity index (χ0n) is 18.5. The number of hydrogen-bond donors (Lipinski definition) is 1. The Bertz CT molecular complexity index is 1370. The molecule has 0 aliphatic rings. The third-order valence-electron chi connectivity index (χ3n) is 5.73. The van der Waals surface area contributed by atoms with Crippen LogP contribution in [-0.2, 0) is 25.9 Å². The Morgan fingerprint density at radius 3 is 2.48 bits per heavy atom. The number of nitrogens with one attached hydrogen (secondary N) is 1. The van der Waals surface area contributed by atoms with Gasteiger partial charge in [0.1, 0.15) is 23.0 Å². The van der Waals surface area contributed by atoms with E-state index in [0.717, 1.165) is 24.5 Å². The Morgan fingerprint density at radius 2 is 1.76 bits per heavy atom. The smallest absolute Gasteiger partial charge is 0.332 e. The molecule has 0 radical (unpaired) electrons. The average molecular weight is 453 g/mol. The zero-order valence-corrected chi connectivity index (χ0v) is 18.5. The van der Waals surface area contributed by atoms with Gasteiger partial charge in [0, 0.05) is 25.6 Å². The first-order chi connectivity index (χ1) is 16.0. The van der Waals surface area contributed by atoms with E-state index in [1.54, 1.807) is 0 Å². The van der Waals surface area contributed by atoms with Crippen molar-refractivity contribution < 1.29 is 8.78 Å². The van der Waals surface area contributed by atoms with E-state index in [1.165, 1.54) is 21.3 Å². The number of benzene rings is 2. The van der Waals surface area contributed by atoms with E-state index in [0.29, 0.717) is 30.8 Å². The summed E-state index contributed by atoms with van der Waals surface area (Å²) in [7, 11) is 0. The van der Waals surface area contributed by atoms with Gasteiger partial charge in [0.15, 0.2) is 5.65 Å². The number of nitrogens with zero attached hydrogens (tertiary/aromatic N) is 3. The van der Waals surface area contributed by atoms with Crippen molar-refractivity contribution in [3.05, 3.63) is 98.0 Å². The second-order valence-electron chi connectivity index (χ2n) is 8.13. The summed E-state index contributed by atoms with van der Waals surface area (Å²) < 4.78 is 30.1. The van der Waals surface area contributed by atoms with Crippen molar-refractivity contribution in [2.45, 2.75) is 52.1 Å². The lowest BCUT2D eigenvalue weighted by Crippen LogP contribution is -2.40. The minimum atomic E-state index is -0.664. The minimum absolute atomic E-state index is 0.113. The largest absolute Gasteiger partial charge is 0.336 e. The van der Waals surface area contributed by atoms with Gasteiger partial charge in [0.25, 0.3) is 5.56 Å². The predicted octanol–water partition coefficient (Wildman–Crippen LogP) is 4.19. The normalized spacial score (nSPS) is 11.4. The molecule has 0 atom stereocenters. The van der Waals surface area contributed by atoms with Crippen molar-refractivity contribution >= 4 is 11.2 Å². The number of aryl methyl sites for hydroxylation is 2. The molecule has 0 fully saturated rings. The van der Waals surface area contributed by atoms with E-state index in [-0.39, 0.29) is 24.1 Å². The van der Waals surface area contributed by atoms with Gasteiger partial charge in [-0.05, 0) is 30.0 Å². The van der Waals surface area contributed by atoms with Gasteiger partial charge in [-0.2, -0.15) is 0 Å². The molecule has 33 heavy (non-hydrogen) atoms. The summed E-state index contributed by atoms with van der Waals surface area (Å²) in [6, 6.07) is 13.1. The average Bonchev–Trinajstić information content (AvgIpc) is 3.21. The van der Waals surface area contributed by atoms with Crippen LogP contribution >= 0.6 is 0 Å². The SMILES string of the molecule is CCCCCn1c(=O)c2[nH]c(Cc3ccccc3)nc2n(CCc2ccc(F)cc2F)c1=O. The van der Waals surface area contributed by atoms with Gasteiger partial charge in [0.05, 0.1) is 0 Å². The van der Waals surface area contributed by atoms with E-state index >= 15 is 0 Å². The Kier molecular flexibility index (Phi) is 6.82. The van der Waals surface area contributed by atoms with Crippen molar-refractivity contribution in [2.24, 2.45) is 0 Å². The number of halogens is 2. The number of rotatable bonds is 9. The molecule has 4 aromatic rings. The van der Waals surface area contributed by atoms with Crippen LogP contribution in [0.3, 0.4) is 0 Å². The highest BCUT2D eigenvalue weighted by atomic mass is 19.1. The minimum Gasteiger partial charge on any atom is -0.336 e. The molecule has 0 spiro atoms. The van der Waals surface area contributed by atoms with Crippen LogP contribution in [0.4, 0.5) is 8.78 Å². The van der Waals surface area contributed by atoms with E-state index in [4.69, 9.17) is 0 Å². The van der Waals surface area contributed by atoms with Crippen LogP contribution in [0.15, 0.2) is 58.1 Å². The fourth-order valence-electron chi connectivity index (χ4n) is 3.96. The lowest BCUT2D eigenvalue weighted by molar-refractivity contribution is 0.524. The molecule has 0 aliphatic heterocycles. The van der Waals surface area contributed by atoms with Crippen LogP contribution in [0.5, 0.6) is 0 Å². The molecule has 0 unspecified atom stereocenters. The molecule has 0 amide bonds. The first-order valence-electron chi connectivity index (χ1n) is 11.2. The molecule has 1 N–H and O–H groups in total. The van der Waals surface area contributed by atoms with E-state index in [9.17, 15) is 18.4 Å². The van der Waals surface area contributed by atoms with Gasteiger partial charge in [-0.25, -0.2) is 18.6 Å². The number of aromatic amines is 1. The van der Waals surface area contributed by atoms with E-state index < -0.39 is 22.9 Å². The first kappa shape index (κ1) is 22.6. The van der Waals surface area contributed by atoms with Crippen LogP contribution in [0.2, 0.25) is 0 Å². The lowest BCUT2D eigenvalue weighted by Gasteiger charge is -2.11. The predicted molar refractivity (Wildman–Crippen MR) is 123 cm³/mol. The van der Waals surface area contributed by atoms with Gasteiger partial charge < -0.3 is 4.98 Å². The van der Waals surface area contributed by atoms with Crippen LogP contribution < -0.4 is 11.2 Å². The fraction of sp³-hybridized carbons (Fsp3) is 0.320. The molecule has 2 aromatic carbocycles. The first-order valence-corrected chi connectivity index (χ1v) is 11.2. The molecule has 172 valence electrons. The van der Waals surface area contributed by atoms with Crippen LogP contribution in [0.1, 0.15) is 43.1 Å². The third-order valence-corrected chi connectivity index (χ3v) is 5.73. The van der Waals surface area contributed by atoms with Gasteiger partial charge in [-0.15, -0.1) is 0 Å². The third kappa shape index (κ3) is 4.94. The highest BCUT2D eigenvalue weighted by Crippen LogP contribution is 2.14. The molecule has 0 saturated carbocycles. The quantitative estimate of drug-likeness (QED) is 0.387. The van der Waals surface area contributed by atoms with Crippen molar-refractivity contribution in [3.63, 3.8) is 0 Å². The molecule has 4 rings (SSSR count). The molecule has 2 heterocycles. The zero-order chi connectivity index (χ0) is 23.4. The highest BCUT2D eigenvalue weighted by Gasteiger charge is 2.18. The molecular formula is C25H26F2N4O2. The highest BCUT2D eigenvalue weighted by molar-refractivity contribution is 5.70. The number of aromatic nitrogens is 4. The summed E-state index contributed by atoms with van der Waals surface area (Å²) in [5.41, 5.74) is 0.954. The molecule has 6 nitrogen and oxygen atoms in total. The van der Waals surface area contributed by atoms with Crippen molar-refractivity contribution in [2.75, 3.05) is 0 Å². The number of hydrogen-bond acceptors (Lipinski definition) is 3. The summed E-state index contributed by atoms with van der Waals surface area (Å²) in [6.07, 6.45) is 3.20. The second kappa shape index (κ2) is 9.94. The second-order valence-corrected chi connectivity index (χ2v) is 8.13. The Hall–Kier alpha value is -3.55. The number of unbranched alkanes of at least 4 members (excludes halogenated alkanes) is 2. The maximum Gasteiger partial charge on any atom is 0.332 e. The van der Waals surface area contributed by atoms with Gasteiger partial charge >= 0.3 is 5.69 Å². The monoisotopic (exact) mass is 452 g/mol. The van der Waals surface area contributed by atoms with Crippen LogP contribution in [-0.4, -0.2) is 19.1 Å². The maximum atomic E-state index is 14.2. The Morgan fingerprint density at radius 1 is 0.970 bits per heavy atom. The molecule has 0 bridgehead atoms. The summed E-state index contributed by atoms with van der Waals surface area (Å²) in [5.74, 6) is -0.749. The number of fused-ring (bicyclic) bond motifs is 1. The molecular weight excluding hydrogens is 426 g/mol. The summed E-state index contributed by atoms with van der Waals surface area (Å²) >= 11 is 0. The topological polar surface area (TPSA) is 72.7 Å². The van der Waals surface area contributed by atoms with E-state index in [1.807, 2.05) is 37.3 Å². The Labute approximate surface area is 189 Å². The van der Waals surface area contributed by atoms with Gasteiger partial charge in [-0.3, -0.25) is 13.9 Å². The standard InChI is InChI=1S/C25H26F2N4O2/c1-2-3-7-13-31-24(32)22-23(29-21(28-22)15-17-8-5-4-6-9-17)30(25(31)33)14-12-18-10-11-19(26)16-20(18)27/h4-6,8-11,16H,2-3,7,12-15H2,1H3,(H,28,29). The molecule has 2 aromatic heterocycles. The Balaban J connectivity index is 1.75. The summed E-state index contributed by atoms with van der Waals surface area (Å²) in [5, 5.41) is 0. The molecule has 0 saturated heterocycles. The fourth-order valence-corrected chi connectivity index (χ4v) is 3.96. The summed E-state index contributed by atoms with van der Waals surface area (Å²) in [4.78, 5) is 34.0. The van der Waals surface area contributed by atoms with Gasteiger partial charge in [0.2, 0.25) is 0 Å². The lowest BCUT2D eigenvalue weighted by atomic mass is 10.1. The van der Waals surface area contributed by atoms with Crippen molar-refractivity contribution in [1.82, 2.24) is 19.1 Å². The summed E-state index contributed by atoms with van der Waals surface area (Å²) in [6.45, 7) is 2.47.